The Morgan fingerprint density at radius 3 is 2.71 bits per heavy atom. The molecule has 1 N–H and O–H groups in total. The van der Waals surface area contributed by atoms with Crippen molar-refractivity contribution in [3.63, 3.8) is 0 Å². The van der Waals surface area contributed by atoms with Gasteiger partial charge in [-0.25, -0.2) is 8.42 Å². The molecule has 1 atom stereocenters. The molecule has 0 unspecified atom stereocenters. The van der Waals surface area contributed by atoms with Gasteiger partial charge >= 0.3 is 5.69 Å². The Labute approximate surface area is 121 Å². The second-order valence-corrected chi connectivity index (χ2v) is 6.95. The first-order chi connectivity index (χ1) is 9.82. The normalized spacial score (nSPS) is 20.0. The molecule has 1 aromatic carbocycles. The Bertz CT molecular complexity index is 685. The molecule has 0 aliphatic carbocycles. The average Bonchev–Trinajstić information content (AvgIpc) is 2.76. The number of hydrogen-bond acceptors (Lipinski definition) is 6. The van der Waals surface area contributed by atoms with Gasteiger partial charge in [0.1, 0.15) is 0 Å². The van der Waals surface area contributed by atoms with Gasteiger partial charge in [0, 0.05) is 17.7 Å². The number of methoxy groups -OCH3 is 1. The van der Waals surface area contributed by atoms with E-state index in [4.69, 9.17) is 4.74 Å². The zero-order valence-corrected chi connectivity index (χ0v) is 12.1. The minimum atomic E-state index is -3.10. The van der Waals surface area contributed by atoms with Gasteiger partial charge in [-0.05, 0) is 18.6 Å². The first-order valence-electron chi connectivity index (χ1n) is 6.16. The molecule has 1 aliphatic rings. The summed E-state index contributed by atoms with van der Waals surface area (Å²) in [6, 6.07) is 3.38. The summed E-state index contributed by atoms with van der Waals surface area (Å²) in [5.74, 6) is -0.541. The lowest BCUT2D eigenvalue weighted by molar-refractivity contribution is -0.385. The summed E-state index contributed by atoms with van der Waals surface area (Å²) in [5, 5.41) is 13.5. The lowest BCUT2D eigenvalue weighted by atomic mass is 10.1. The second kappa shape index (κ2) is 5.68. The number of nitrogens with one attached hydrogen (secondary N) is 1. The Hall–Kier alpha value is -2.16. The van der Waals surface area contributed by atoms with E-state index in [0.717, 1.165) is 6.07 Å². The Balaban J connectivity index is 2.16. The van der Waals surface area contributed by atoms with Crippen LogP contribution < -0.4 is 10.1 Å². The van der Waals surface area contributed by atoms with Crippen LogP contribution in [0.5, 0.6) is 5.75 Å². The Kier molecular flexibility index (Phi) is 4.12. The summed E-state index contributed by atoms with van der Waals surface area (Å²) in [5.41, 5.74) is -0.226. The number of carbonyl (C=O) groups is 1. The summed E-state index contributed by atoms with van der Waals surface area (Å²) in [6.45, 7) is 0. The molecule has 0 aromatic heterocycles. The van der Waals surface area contributed by atoms with Crippen LogP contribution in [0.3, 0.4) is 0 Å². The van der Waals surface area contributed by atoms with Gasteiger partial charge in [0.2, 0.25) is 0 Å². The number of nitro benzene ring substituents is 1. The van der Waals surface area contributed by atoms with E-state index in [1.165, 1.54) is 19.2 Å². The van der Waals surface area contributed by atoms with Crippen LogP contribution in [0.4, 0.5) is 5.69 Å². The van der Waals surface area contributed by atoms with Crippen molar-refractivity contribution < 1.29 is 22.9 Å². The van der Waals surface area contributed by atoms with E-state index in [2.05, 4.69) is 5.32 Å². The van der Waals surface area contributed by atoms with E-state index in [9.17, 15) is 23.3 Å². The molecule has 9 heteroatoms. The molecule has 1 fully saturated rings. The van der Waals surface area contributed by atoms with Gasteiger partial charge in [0.05, 0.1) is 23.5 Å². The molecule has 1 aromatic rings. The maximum absolute atomic E-state index is 12.0. The van der Waals surface area contributed by atoms with Gasteiger partial charge < -0.3 is 10.1 Å². The van der Waals surface area contributed by atoms with Crippen LogP contribution in [0.1, 0.15) is 16.8 Å². The molecule has 114 valence electrons. The number of benzene rings is 1. The Morgan fingerprint density at radius 2 is 2.19 bits per heavy atom. The third kappa shape index (κ3) is 3.48. The number of hydrogen-bond donors (Lipinski definition) is 1. The first kappa shape index (κ1) is 15.2. The van der Waals surface area contributed by atoms with Crippen molar-refractivity contribution in [2.75, 3.05) is 18.6 Å². The summed E-state index contributed by atoms with van der Waals surface area (Å²) in [4.78, 5) is 22.3. The SMILES string of the molecule is COc1ccc(C(=O)N[C@H]2CCS(=O)(=O)C2)cc1[N+](=O)[O-]. The molecule has 2 rings (SSSR count). The van der Waals surface area contributed by atoms with E-state index in [0.29, 0.717) is 6.42 Å². The number of carbonyl (C=O) groups excluding carboxylic acids is 1. The van der Waals surface area contributed by atoms with Gasteiger partial charge in [0.25, 0.3) is 5.91 Å². The zero-order valence-electron chi connectivity index (χ0n) is 11.2. The van der Waals surface area contributed by atoms with Crippen molar-refractivity contribution >= 4 is 21.4 Å². The molecule has 1 saturated heterocycles. The third-order valence-corrected chi connectivity index (χ3v) is 4.97. The molecule has 0 radical (unpaired) electrons. The van der Waals surface area contributed by atoms with E-state index < -0.39 is 26.7 Å². The highest BCUT2D eigenvalue weighted by Crippen LogP contribution is 2.27. The number of ether oxygens (including phenoxy) is 1. The van der Waals surface area contributed by atoms with E-state index >= 15 is 0 Å². The number of nitro groups is 1. The van der Waals surface area contributed by atoms with E-state index in [1.54, 1.807) is 0 Å². The van der Waals surface area contributed by atoms with Crippen LogP contribution in [-0.2, 0) is 9.84 Å². The minimum absolute atomic E-state index is 0.0424. The molecule has 1 amide bonds. The summed E-state index contributed by atoms with van der Waals surface area (Å²) < 4.78 is 27.5. The lowest BCUT2D eigenvalue weighted by Crippen LogP contribution is -2.35. The second-order valence-electron chi connectivity index (χ2n) is 4.72. The van der Waals surface area contributed by atoms with E-state index in [1.807, 2.05) is 0 Å². The number of nitrogens with zero attached hydrogens (tertiary/aromatic N) is 1. The van der Waals surface area contributed by atoms with Gasteiger partial charge in [-0.2, -0.15) is 0 Å². The van der Waals surface area contributed by atoms with Crippen molar-refractivity contribution in [1.29, 1.82) is 0 Å². The van der Waals surface area contributed by atoms with Gasteiger partial charge in [-0.15, -0.1) is 0 Å². The van der Waals surface area contributed by atoms with Crippen molar-refractivity contribution in [3.05, 3.63) is 33.9 Å². The smallest absolute Gasteiger partial charge is 0.311 e. The van der Waals surface area contributed by atoms with Crippen molar-refractivity contribution in [1.82, 2.24) is 5.32 Å². The highest BCUT2D eigenvalue weighted by atomic mass is 32.2. The fourth-order valence-corrected chi connectivity index (χ4v) is 3.82. The zero-order chi connectivity index (χ0) is 15.6. The largest absolute Gasteiger partial charge is 0.490 e. The molecule has 1 aliphatic heterocycles. The van der Waals surface area contributed by atoms with Gasteiger partial charge in [-0.1, -0.05) is 0 Å². The van der Waals surface area contributed by atoms with Gasteiger partial charge in [0.15, 0.2) is 15.6 Å². The van der Waals surface area contributed by atoms with Crippen LogP contribution >= 0.6 is 0 Å². The van der Waals surface area contributed by atoms with Crippen molar-refractivity contribution in [2.45, 2.75) is 12.5 Å². The molecule has 0 bridgehead atoms. The monoisotopic (exact) mass is 314 g/mol. The molecular weight excluding hydrogens is 300 g/mol. The van der Waals surface area contributed by atoms with Crippen LogP contribution in [0.25, 0.3) is 0 Å². The molecule has 0 spiro atoms. The molecule has 21 heavy (non-hydrogen) atoms. The fraction of sp³-hybridized carbons (Fsp3) is 0.417. The highest BCUT2D eigenvalue weighted by molar-refractivity contribution is 7.91. The van der Waals surface area contributed by atoms with Crippen LogP contribution in [-0.4, -0.2) is 43.9 Å². The third-order valence-electron chi connectivity index (χ3n) is 3.21. The quantitative estimate of drug-likeness (QED) is 0.640. The summed E-state index contributed by atoms with van der Waals surface area (Å²) in [7, 11) is -1.80. The summed E-state index contributed by atoms with van der Waals surface area (Å²) >= 11 is 0. The maximum atomic E-state index is 12.0. The minimum Gasteiger partial charge on any atom is -0.490 e. The first-order valence-corrected chi connectivity index (χ1v) is 7.98. The van der Waals surface area contributed by atoms with E-state index in [-0.39, 0.29) is 28.5 Å². The molecule has 0 saturated carbocycles. The van der Waals surface area contributed by atoms with Crippen molar-refractivity contribution in [3.8, 4) is 5.75 Å². The molecule has 1 heterocycles. The standard InChI is InChI=1S/C12H14N2O6S/c1-20-11-3-2-8(6-10(11)14(16)17)12(15)13-9-4-5-21(18,19)7-9/h2-3,6,9H,4-5,7H2,1H3,(H,13,15)/t9-/m0/s1. The van der Waals surface area contributed by atoms with Crippen LogP contribution in [0.15, 0.2) is 18.2 Å². The molecule has 8 nitrogen and oxygen atoms in total. The highest BCUT2D eigenvalue weighted by Gasteiger charge is 2.29. The number of amides is 1. The average molecular weight is 314 g/mol. The Morgan fingerprint density at radius 1 is 1.48 bits per heavy atom. The topological polar surface area (TPSA) is 116 Å². The fourth-order valence-electron chi connectivity index (χ4n) is 2.15. The summed E-state index contributed by atoms with van der Waals surface area (Å²) in [6.07, 6.45) is 0.353. The molecular formula is C12H14N2O6S. The van der Waals surface area contributed by atoms with Crippen LogP contribution in [0.2, 0.25) is 0 Å². The lowest BCUT2D eigenvalue weighted by Gasteiger charge is -2.11. The predicted octanol–water partition coefficient (Wildman–Crippen LogP) is 0.520. The van der Waals surface area contributed by atoms with Gasteiger partial charge in [-0.3, -0.25) is 14.9 Å². The maximum Gasteiger partial charge on any atom is 0.311 e. The number of rotatable bonds is 4. The van der Waals surface area contributed by atoms with Crippen molar-refractivity contribution in [2.24, 2.45) is 0 Å². The van der Waals surface area contributed by atoms with Crippen LogP contribution in [0, 0.1) is 10.1 Å². The predicted molar refractivity (Wildman–Crippen MR) is 74.2 cm³/mol. The number of sulfone groups is 1.